The monoisotopic (exact) mass is 442 g/mol. The van der Waals surface area contributed by atoms with Crippen molar-refractivity contribution in [1.82, 2.24) is 25.1 Å². The molecule has 3 aromatic rings. The number of carbonyl (C=O) groups is 1. The van der Waals surface area contributed by atoms with E-state index in [1.165, 1.54) is 0 Å². The predicted octanol–water partition coefficient (Wildman–Crippen LogP) is 3.52. The van der Waals surface area contributed by atoms with Crippen LogP contribution >= 0.6 is 11.8 Å². The molecule has 2 N–H and O–H groups in total. The Labute approximate surface area is 187 Å². The zero-order valence-corrected chi connectivity index (χ0v) is 19.3. The van der Waals surface area contributed by atoms with Gasteiger partial charge in [0, 0.05) is 12.6 Å². The Morgan fingerprint density at radius 3 is 2.65 bits per heavy atom. The van der Waals surface area contributed by atoms with Crippen molar-refractivity contribution >= 4 is 34.5 Å². The molecule has 8 nitrogen and oxygen atoms in total. The lowest BCUT2D eigenvalue weighted by Crippen LogP contribution is -2.28. The number of hydrogen-bond acceptors (Lipinski definition) is 7. The summed E-state index contributed by atoms with van der Waals surface area (Å²) in [7, 11) is 0. The van der Waals surface area contributed by atoms with Gasteiger partial charge >= 0.3 is 0 Å². The van der Waals surface area contributed by atoms with Gasteiger partial charge in [0.05, 0.1) is 31.2 Å². The van der Waals surface area contributed by atoms with Crippen molar-refractivity contribution in [1.29, 1.82) is 0 Å². The van der Waals surface area contributed by atoms with Crippen LogP contribution in [0.1, 0.15) is 33.3 Å². The Morgan fingerprint density at radius 2 is 1.97 bits per heavy atom. The van der Waals surface area contributed by atoms with Crippen molar-refractivity contribution < 1.29 is 9.53 Å². The number of benzene rings is 1. The minimum atomic E-state index is -0.0281. The molecule has 0 aliphatic carbocycles. The van der Waals surface area contributed by atoms with Gasteiger partial charge < -0.3 is 15.4 Å². The molecule has 0 aliphatic rings. The molecule has 0 aliphatic heterocycles. The lowest BCUT2D eigenvalue weighted by atomic mass is 10.1. The number of carbonyl (C=O) groups excluding carboxylic acids is 1. The van der Waals surface area contributed by atoms with Gasteiger partial charge in [-0.1, -0.05) is 30.8 Å². The van der Waals surface area contributed by atoms with Gasteiger partial charge in [0.1, 0.15) is 11.6 Å². The molecule has 3 rings (SSSR count). The molecule has 2 aromatic heterocycles. The molecule has 0 saturated carbocycles. The number of ether oxygens (including phenoxy) is 1. The molecule has 0 saturated heterocycles. The Balaban J connectivity index is 1.62. The van der Waals surface area contributed by atoms with Crippen LogP contribution in [-0.2, 0) is 17.8 Å². The largest absolute Gasteiger partial charge is 0.494 e. The van der Waals surface area contributed by atoms with E-state index in [1.54, 1.807) is 18.0 Å². The van der Waals surface area contributed by atoms with E-state index >= 15 is 0 Å². The van der Waals surface area contributed by atoms with E-state index in [9.17, 15) is 4.79 Å². The molecule has 1 aromatic carbocycles. The van der Waals surface area contributed by atoms with Crippen LogP contribution in [0.15, 0.2) is 35.6 Å². The molecule has 9 heteroatoms. The van der Waals surface area contributed by atoms with E-state index in [4.69, 9.17) is 4.74 Å². The fourth-order valence-corrected chi connectivity index (χ4v) is 3.66. The minimum absolute atomic E-state index is 0.0281. The first-order chi connectivity index (χ1) is 15.0. The van der Waals surface area contributed by atoms with Crippen molar-refractivity contribution in [2.45, 2.75) is 51.9 Å². The van der Waals surface area contributed by atoms with E-state index in [0.717, 1.165) is 39.1 Å². The summed E-state index contributed by atoms with van der Waals surface area (Å²) in [6, 6.07) is 7.85. The third kappa shape index (κ3) is 6.33. The molecule has 166 valence electrons. The molecule has 2 heterocycles. The van der Waals surface area contributed by atoms with Gasteiger partial charge in [-0.25, -0.2) is 14.6 Å². The van der Waals surface area contributed by atoms with Crippen molar-refractivity contribution in [3.63, 3.8) is 0 Å². The number of thioether (sulfide) groups is 1. The lowest BCUT2D eigenvalue weighted by Gasteiger charge is -2.12. The summed E-state index contributed by atoms with van der Waals surface area (Å²) in [5.74, 6) is 2.47. The summed E-state index contributed by atoms with van der Waals surface area (Å²) in [5.41, 5.74) is 1.72. The van der Waals surface area contributed by atoms with Crippen LogP contribution < -0.4 is 15.4 Å². The van der Waals surface area contributed by atoms with Crippen LogP contribution in [0.5, 0.6) is 5.75 Å². The van der Waals surface area contributed by atoms with Crippen molar-refractivity contribution in [3.8, 4) is 5.75 Å². The van der Waals surface area contributed by atoms with Crippen LogP contribution in [0.4, 0.5) is 5.82 Å². The molecule has 0 fully saturated rings. The molecule has 0 spiro atoms. The smallest absolute Gasteiger partial charge is 0.224 e. The molecule has 0 unspecified atom stereocenters. The number of rotatable bonds is 11. The first-order valence-electron chi connectivity index (χ1n) is 10.6. The highest BCUT2D eigenvalue weighted by molar-refractivity contribution is 7.99. The predicted molar refractivity (Wildman–Crippen MR) is 125 cm³/mol. The fourth-order valence-electron chi connectivity index (χ4n) is 3.10. The normalized spacial score (nSPS) is 11.1. The van der Waals surface area contributed by atoms with E-state index in [0.29, 0.717) is 26.1 Å². The SMILES string of the molecule is CCOc1ccc(CC(=O)NCCn2ncc3c(NC(C)C)nc(SCC)nc32)cc1. The van der Waals surface area contributed by atoms with E-state index < -0.39 is 0 Å². The van der Waals surface area contributed by atoms with Crippen LogP contribution in [0.2, 0.25) is 0 Å². The van der Waals surface area contributed by atoms with E-state index in [1.807, 2.05) is 35.9 Å². The second-order valence-electron chi connectivity index (χ2n) is 7.30. The third-order valence-corrected chi connectivity index (χ3v) is 5.15. The van der Waals surface area contributed by atoms with Gasteiger partial charge in [0.2, 0.25) is 5.91 Å². The maximum absolute atomic E-state index is 12.3. The number of aromatic nitrogens is 4. The number of amides is 1. The number of nitrogens with zero attached hydrogens (tertiary/aromatic N) is 4. The molecular weight excluding hydrogens is 412 g/mol. The Kier molecular flexibility index (Phi) is 8.11. The Morgan fingerprint density at radius 1 is 1.19 bits per heavy atom. The highest BCUT2D eigenvalue weighted by Crippen LogP contribution is 2.24. The van der Waals surface area contributed by atoms with Gasteiger partial charge in [-0.15, -0.1) is 0 Å². The number of nitrogens with one attached hydrogen (secondary N) is 2. The van der Waals surface area contributed by atoms with Crippen LogP contribution in [0, 0.1) is 0 Å². The zero-order chi connectivity index (χ0) is 22.2. The van der Waals surface area contributed by atoms with Crippen molar-refractivity contribution in [2.24, 2.45) is 0 Å². The molecule has 0 radical (unpaired) electrons. The van der Waals surface area contributed by atoms with Gasteiger partial charge in [-0.3, -0.25) is 4.79 Å². The summed E-state index contributed by atoms with van der Waals surface area (Å²) in [5, 5.41) is 12.4. The van der Waals surface area contributed by atoms with Gasteiger partial charge in [-0.2, -0.15) is 5.10 Å². The zero-order valence-electron chi connectivity index (χ0n) is 18.5. The van der Waals surface area contributed by atoms with Gasteiger partial charge in [-0.05, 0) is 44.2 Å². The van der Waals surface area contributed by atoms with Gasteiger partial charge in [0.15, 0.2) is 10.8 Å². The second-order valence-corrected chi connectivity index (χ2v) is 8.53. The summed E-state index contributed by atoms with van der Waals surface area (Å²) in [6.45, 7) is 9.80. The van der Waals surface area contributed by atoms with E-state index in [2.05, 4.69) is 46.5 Å². The van der Waals surface area contributed by atoms with Crippen LogP contribution in [-0.4, -0.2) is 50.6 Å². The Hall–Kier alpha value is -2.81. The molecule has 1 amide bonds. The molecule has 31 heavy (non-hydrogen) atoms. The third-order valence-electron chi connectivity index (χ3n) is 4.42. The average Bonchev–Trinajstić information content (AvgIpc) is 3.13. The number of fused-ring (bicyclic) bond motifs is 1. The van der Waals surface area contributed by atoms with Crippen LogP contribution in [0.25, 0.3) is 11.0 Å². The maximum Gasteiger partial charge on any atom is 0.224 e. The first kappa shape index (κ1) is 22.9. The molecular formula is C22H30N6O2S. The number of anilines is 1. The second kappa shape index (κ2) is 11.0. The topological polar surface area (TPSA) is 94.0 Å². The lowest BCUT2D eigenvalue weighted by molar-refractivity contribution is -0.120. The fraction of sp³-hybridized carbons (Fsp3) is 0.455. The minimum Gasteiger partial charge on any atom is -0.494 e. The highest BCUT2D eigenvalue weighted by atomic mass is 32.2. The van der Waals surface area contributed by atoms with Crippen molar-refractivity contribution in [2.75, 3.05) is 24.2 Å². The van der Waals surface area contributed by atoms with Gasteiger partial charge in [0.25, 0.3) is 0 Å². The maximum atomic E-state index is 12.3. The summed E-state index contributed by atoms with van der Waals surface area (Å²) < 4.78 is 7.25. The van der Waals surface area contributed by atoms with E-state index in [-0.39, 0.29) is 11.9 Å². The standard InChI is InChI=1S/C22H30N6O2S/c1-5-30-17-9-7-16(8-10-17)13-19(29)23-11-12-28-21-18(14-24-28)20(25-15(3)4)26-22(27-21)31-6-2/h7-10,14-15H,5-6,11-13H2,1-4H3,(H,23,29)(H,25,26,27). The van der Waals surface area contributed by atoms with Crippen molar-refractivity contribution in [3.05, 3.63) is 36.0 Å². The average molecular weight is 443 g/mol. The Bertz CT molecular complexity index is 1000. The summed E-state index contributed by atoms with van der Waals surface area (Å²) >= 11 is 1.60. The molecule has 0 bridgehead atoms. The van der Waals surface area contributed by atoms with Crippen LogP contribution in [0.3, 0.4) is 0 Å². The summed E-state index contributed by atoms with van der Waals surface area (Å²) in [6.07, 6.45) is 2.11. The number of hydrogen-bond donors (Lipinski definition) is 2. The quantitative estimate of drug-likeness (QED) is 0.347. The summed E-state index contributed by atoms with van der Waals surface area (Å²) in [4.78, 5) is 21.6. The molecule has 0 atom stereocenters. The highest BCUT2D eigenvalue weighted by Gasteiger charge is 2.14. The first-order valence-corrected chi connectivity index (χ1v) is 11.6.